The molecule has 0 aromatic heterocycles. The second-order valence-electron chi connectivity index (χ2n) is 7.77. The molecule has 2 rings (SSSR count). The van der Waals surface area contributed by atoms with E-state index in [0.717, 1.165) is 10.6 Å². The van der Waals surface area contributed by atoms with Gasteiger partial charge in [0.15, 0.2) is 0 Å². The molecule has 1 unspecified atom stereocenters. The highest BCUT2D eigenvalue weighted by Crippen LogP contribution is 2.33. The van der Waals surface area contributed by atoms with Crippen LogP contribution in [0.4, 0.5) is 5.69 Å². The van der Waals surface area contributed by atoms with Gasteiger partial charge in [0.1, 0.15) is 18.3 Å². The lowest BCUT2D eigenvalue weighted by molar-refractivity contribution is -0.139. The number of ether oxygens (including phenoxy) is 1. The molecule has 2 amide bonds. The van der Waals surface area contributed by atoms with Crippen molar-refractivity contribution in [1.82, 2.24) is 10.2 Å². The highest BCUT2D eigenvalue weighted by atomic mass is 35.5. The van der Waals surface area contributed by atoms with Crippen molar-refractivity contribution >= 4 is 62.3 Å². The van der Waals surface area contributed by atoms with E-state index in [2.05, 4.69) is 5.32 Å². The molecule has 0 radical (unpaired) electrons. The van der Waals surface area contributed by atoms with Gasteiger partial charge < -0.3 is 15.0 Å². The number of rotatable bonds is 11. The lowest BCUT2D eigenvalue weighted by Crippen LogP contribution is -2.51. The number of halogens is 3. The molecule has 0 bridgehead atoms. The fourth-order valence-corrected chi connectivity index (χ4v) is 4.81. The molecule has 8 nitrogen and oxygen atoms in total. The Balaban J connectivity index is 2.50. The number of sulfonamides is 1. The Labute approximate surface area is 221 Å². The zero-order valence-corrected chi connectivity index (χ0v) is 22.9. The fourth-order valence-electron chi connectivity index (χ4n) is 3.29. The van der Waals surface area contributed by atoms with Crippen molar-refractivity contribution in [1.29, 1.82) is 0 Å². The topological polar surface area (TPSA) is 96.0 Å². The van der Waals surface area contributed by atoms with Crippen LogP contribution in [0.2, 0.25) is 15.1 Å². The van der Waals surface area contributed by atoms with Crippen LogP contribution in [-0.2, 0) is 26.2 Å². The molecule has 2 aromatic carbocycles. The molecule has 12 heteroatoms. The van der Waals surface area contributed by atoms with E-state index in [-0.39, 0.29) is 23.0 Å². The van der Waals surface area contributed by atoms with E-state index < -0.39 is 34.4 Å². The molecule has 0 aliphatic carbocycles. The first-order valence-electron chi connectivity index (χ1n) is 10.7. The molecule has 0 saturated heterocycles. The van der Waals surface area contributed by atoms with Gasteiger partial charge >= 0.3 is 0 Å². The smallest absolute Gasteiger partial charge is 0.244 e. The maximum Gasteiger partial charge on any atom is 0.244 e. The Morgan fingerprint density at radius 2 is 1.74 bits per heavy atom. The van der Waals surface area contributed by atoms with Crippen molar-refractivity contribution in [2.24, 2.45) is 0 Å². The van der Waals surface area contributed by atoms with Gasteiger partial charge in [0.2, 0.25) is 21.8 Å². The summed E-state index contributed by atoms with van der Waals surface area (Å²) in [5, 5.41) is 3.64. The third kappa shape index (κ3) is 7.64. The van der Waals surface area contributed by atoms with Crippen molar-refractivity contribution in [2.45, 2.75) is 32.9 Å². The summed E-state index contributed by atoms with van der Waals surface area (Å²) in [6.45, 7) is 3.16. The van der Waals surface area contributed by atoms with E-state index in [1.807, 2.05) is 6.92 Å². The molecular weight excluding hydrogens is 537 g/mol. The van der Waals surface area contributed by atoms with Crippen molar-refractivity contribution < 1.29 is 22.7 Å². The Bertz CT molecular complexity index is 1160. The Kier molecular flexibility index (Phi) is 10.5. The third-order valence-electron chi connectivity index (χ3n) is 5.20. The predicted molar refractivity (Wildman–Crippen MR) is 140 cm³/mol. The van der Waals surface area contributed by atoms with Gasteiger partial charge in [0.05, 0.1) is 19.1 Å². The van der Waals surface area contributed by atoms with Crippen LogP contribution >= 0.6 is 34.8 Å². The number of hydrogen-bond donors (Lipinski definition) is 1. The van der Waals surface area contributed by atoms with Gasteiger partial charge in [-0.3, -0.25) is 13.9 Å². The summed E-state index contributed by atoms with van der Waals surface area (Å²) >= 11 is 18.7. The summed E-state index contributed by atoms with van der Waals surface area (Å²) in [6.07, 6.45) is 1.67. The van der Waals surface area contributed by atoms with Crippen molar-refractivity contribution in [3.8, 4) is 5.75 Å². The minimum absolute atomic E-state index is 0.0923. The van der Waals surface area contributed by atoms with E-state index in [4.69, 9.17) is 39.5 Å². The van der Waals surface area contributed by atoms with Gasteiger partial charge in [-0.25, -0.2) is 8.42 Å². The summed E-state index contributed by atoms with van der Waals surface area (Å²) in [5.74, 6) is -0.829. The molecule has 0 heterocycles. The van der Waals surface area contributed by atoms with Gasteiger partial charge in [-0.15, -0.1) is 0 Å². The highest BCUT2D eigenvalue weighted by molar-refractivity contribution is 7.92. The van der Waals surface area contributed by atoms with Gasteiger partial charge in [-0.05, 0) is 43.7 Å². The lowest BCUT2D eigenvalue weighted by Gasteiger charge is -2.32. The van der Waals surface area contributed by atoms with Crippen LogP contribution in [0, 0.1) is 0 Å². The minimum atomic E-state index is -3.95. The summed E-state index contributed by atoms with van der Waals surface area (Å²) < 4.78 is 31.6. The first kappa shape index (κ1) is 29.0. The summed E-state index contributed by atoms with van der Waals surface area (Å²) in [4.78, 5) is 27.6. The van der Waals surface area contributed by atoms with E-state index >= 15 is 0 Å². The van der Waals surface area contributed by atoms with Gasteiger partial charge in [-0.1, -0.05) is 47.8 Å². The maximum absolute atomic E-state index is 13.6. The summed E-state index contributed by atoms with van der Waals surface area (Å²) in [5.41, 5.74) is 0.528. The van der Waals surface area contributed by atoms with E-state index in [1.54, 1.807) is 25.1 Å². The molecule has 0 spiro atoms. The number of amides is 2. The Morgan fingerprint density at radius 1 is 1.11 bits per heavy atom. The minimum Gasteiger partial charge on any atom is -0.495 e. The van der Waals surface area contributed by atoms with Crippen molar-refractivity contribution in [3.63, 3.8) is 0 Å². The molecular formula is C23H28Cl3N3O5S. The normalized spacial score (nSPS) is 12.1. The number of carbonyl (C=O) groups excluding carboxylic acids is 2. The van der Waals surface area contributed by atoms with Crippen LogP contribution in [0.3, 0.4) is 0 Å². The monoisotopic (exact) mass is 563 g/mol. The Morgan fingerprint density at radius 3 is 2.29 bits per heavy atom. The van der Waals surface area contributed by atoms with Gasteiger partial charge in [0.25, 0.3) is 0 Å². The summed E-state index contributed by atoms with van der Waals surface area (Å²) in [7, 11) is -2.57. The first-order chi connectivity index (χ1) is 16.4. The van der Waals surface area contributed by atoms with E-state index in [0.29, 0.717) is 28.6 Å². The number of methoxy groups -OCH3 is 1. The largest absolute Gasteiger partial charge is 0.495 e. The second-order valence-corrected chi connectivity index (χ2v) is 10.9. The van der Waals surface area contributed by atoms with Crippen LogP contribution in [0.25, 0.3) is 0 Å². The third-order valence-corrected chi connectivity index (χ3v) is 7.27. The van der Waals surface area contributed by atoms with Crippen molar-refractivity contribution in [2.75, 3.05) is 30.8 Å². The highest BCUT2D eigenvalue weighted by Gasteiger charge is 2.32. The summed E-state index contributed by atoms with van der Waals surface area (Å²) in [6, 6.07) is 8.39. The SMILES string of the molecule is CCCNC(=O)C(C)N(Cc1c(Cl)cccc1Cl)C(=O)CN(c1cc(Cl)ccc1OC)S(C)(=O)=O. The van der Waals surface area contributed by atoms with Gasteiger partial charge in [0, 0.05) is 33.7 Å². The molecule has 0 aliphatic heterocycles. The van der Waals surface area contributed by atoms with E-state index in [9.17, 15) is 18.0 Å². The second kappa shape index (κ2) is 12.7. The van der Waals surface area contributed by atoms with Crippen LogP contribution in [0.1, 0.15) is 25.8 Å². The molecule has 0 saturated carbocycles. The number of hydrogen-bond acceptors (Lipinski definition) is 5. The lowest BCUT2D eigenvalue weighted by atomic mass is 10.1. The Hall–Kier alpha value is -2.20. The fraction of sp³-hybridized carbons (Fsp3) is 0.391. The first-order valence-corrected chi connectivity index (χ1v) is 13.7. The quantitative estimate of drug-likeness (QED) is 0.437. The average Bonchev–Trinajstić information content (AvgIpc) is 2.79. The van der Waals surface area contributed by atoms with Crippen LogP contribution in [0.5, 0.6) is 5.75 Å². The zero-order chi connectivity index (χ0) is 26.3. The molecule has 0 aliphatic rings. The molecule has 35 heavy (non-hydrogen) atoms. The van der Waals surface area contributed by atoms with Gasteiger partial charge in [-0.2, -0.15) is 0 Å². The predicted octanol–water partition coefficient (Wildman–Crippen LogP) is 4.36. The maximum atomic E-state index is 13.6. The number of anilines is 1. The van der Waals surface area contributed by atoms with E-state index in [1.165, 1.54) is 30.2 Å². The van der Waals surface area contributed by atoms with Crippen LogP contribution < -0.4 is 14.4 Å². The number of nitrogens with zero attached hydrogens (tertiary/aromatic N) is 2. The molecule has 0 fully saturated rings. The molecule has 2 aromatic rings. The number of benzene rings is 2. The zero-order valence-electron chi connectivity index (χ0n) is 19.8. The number of carbonyl (C=O) groups is 2. The van der Waals surface area contributed by atoms with Crippen molar-refractivity contribution in [3.05, 3.63) is 57.0 Å². The molecule has 192 valence electrons. The van der Waals surface area contributed by atoms with Crippen LogP contribution in [0.15, 0.2) is 36.4 Å². The average molecular weight is 565 g/mol. The molecule has 1 atom stereocenters. The molecule has 1 N–H and O–H groups in total. The number of nitrogens with one attached hydrogen (secondary N) is 1. The standard InChI is InChI=1S/C23H28Cl3N3O5S/c1-5-11-27-23(31)15(2)28(13-17-18(25)7-6-8-19(17)26)22(30)14-29(35(4,32)33)20-12-16(24)9-10-21(20)34-3/h6-10,12,15H,5,11,13-14H2,1-4H3,(H,27,31). The van der Waals surface area contributed by atoms with Crippen LogP contribution in [-0.4, -0.2) is 57.6 Å².